The predicted octanol–water partition coefficient (Wildman–Crippen LogP) is 1.87. The van der Waals surface area contributed by atoms with E-state index in [4.69, 9.17) is 19.9 Å². The van der Waals surface area contributed by atoms with Crippen LogP contribution in [0.3, 0.4) is 0 Å². The van der Waals surface area contributed by atoms with Crippen LogP contribution in [0.5, 0.6) is 17.2 Å². The molecule has 0 saturated heterocycles. The predicted molar refractivity (Wildman–Crippen MR) is 68.0 cm³/mol. The van der Waals surface area contributed by atoms with Crippen LogP contribution in [0.1, 0.15) is 25.3 Å². The molecule has 5 nitrogen and oxygen atoms in total. The Morgan fingerprint density at radius 1 is 1.22 bits per heavy atom. The smallest absolute Gasteiger partial charge is 0.311 e. The maximum atomic E-state index is 11.5. The van der Waals surface area contributed by atoms with E-state index in [2.05, 4.69) is 0 Å². The number of hydrogen-bond donors (Lipinski definition) is 1. The monoisotopic (exact) mass is 253 g/mol. The fourth-order valence-electron chi connectivity index (χ4n) is 1.52. The third-order valence-corrected chi connectivity index (χ3v) is 2.43. The summed E-state index contributed by atoms with van der Waals surface area (Å²) >= 11 is 0. The quantitative estimate of drug-likeness (QED) is 0.619. The number of methoxy groups -OCH3 is 2. The lowest BCUT2D eigenvalue weighted by molar-refractivity contribution is -0.134. The Morgan fingerprint density at radius 3 is 2.17 bits per heavy atom. The van der Waals surface area contributed by atoms with Crippen LogP contribution in [0.4, 0.5) is 0 Å². The molecule has 0 heterocycles. The molecule has 1 rings (SSSR count). The number of esters is 1. The molecule has 0 spiro atoms. The van der Waals surface area contributed by atoms with Crippen LogP contribution in [-0.4, -0.2) is 20.2 Å². The highest BCUT2D eigenvalue weighted by Gasteiger charge is 2.16. The van der Waals surface area contributed by atoms with Crippen molar-refractivity contribution in [2.45, 2.75) is 26.3 Å². The van der Waals surface area contributed by atoms with Crippen LogP contribution in [0, 0.1) is 0 Å². The topological polar surface area (TPSA) is 70.8 Å². The number of ether oxygens (including phenoxy) is 3. The number of carbonyl (C=O) groups excluding carboxylic acids is 1. The first-order chi connectivity index (χ1) is 8.65. The molecule has 2 N–H and O–H groups in total. The Balaban J connectivity index is 3.10. The molecule has 0 bridgehead atoms. The van der Waals surface area contributed by atoms with Crippen LogP contribution < -0.4 is 19.9 Å². The van der Waals surface area contributed by atoms with E-state index in [-0.39, 0.29) is 5.97 Å². The van der Waals surface area contributed by atoms with Gasteiger partial charge in [-0.1, -0.05) is 6.92 Å². The molecule has 18 heavy (non-hydrogen) atoms. The van der Waals surface area contributed by atoms with Gasteiger partial charge in [0.1, 0.15) is 0 Å². The molecule has 0 saturated carbocycles. The molecule has 0 unspecified atom stereocenters. The summed E-state index contributed by atoms with van der Waals surface area (Å²) in [6.07, 6.45) is 1.08. The number of nitrogens with two attached hydrogens (primary N) is 1. The summed E-state index contributed by atoms with van der Waals surface area (Å²) < 4.78 is 15.7. The molecule has 0 aromatic heterocycles. The van der Waals surface area contributed by atoms with Gasteiger partial charge in [-0.25, -0.2) is 0 Å². The van der Waals surface area contributed by atoms with Crippen LogP contribution >= 0.6 is 0 Å². The zero-order valence-corrected chi connectivity index (χ0v) is 11.0. The van der Waals surface area contributed by atoms with E-state index >= 15 is 0 Å². The molecular formula is C13H19NO4. The summed E-state index contributed by atoms with van der Waals surface area (Å²) in [6.45, 7) is 2.27. The minimum Gasteiger partial charge on any atom is -0.493 e. The van der Waals surface area contributed by atoms with Gasteiger partial charge in [0.15, 0.2) is 11.5 Å². The lowest BCUT2D eigenvalue weighted by atomic mass is 10.2. The highest BCUT2D eigenvalue weighted by Crippen LogP contribution is 2.38. The van der Waals surface area contributed by atoms with Gasteiger partial charge < -0.3 is 19.9 Å². The van der Waals surface area contributed by atoms with Gasteiger partial charge in [0, 0.05) is 13.0 Å². The Bertz CT molecular complexity index is 392. The van der Waals surface area contributed by atoms with Crippen LogP contribution in [0.25, 0.3) is 0 Å². The van der Waals surface area contributed by atoms with Gasteiger partial charge in [0.25, 0.3) is 0 Å². The van der Waals surface area contributed by atoms with Gasteiger partial charge in [0.2, 0.25) is 5.75 Å². The summed E-state index contributed by atoms with van der Waals surface area (Å²) in [5.41, 5.74) is 6.42. The molecule has 0 radical (unpaired) electrons. The second-order valence-corrected chi connectivity index (χ2v) is 3.76. The average Bonchev–Trinajstić information content (AvgIpc) is 2.39. The maximum absolute atomic E-state index is 11.5. The molecule has 100 valence electrons. The summed E-state index contributed by atoms with van der Waals surface area (Å²) in [5, 5.41) is 0. The second kappa shape index (κ2) is 6.86. The van der Waals surface area contributed by atoms with E-state index in [1.54, 1.807) is 12.1 Å². The van der Waals surface area contributed by atoms with E-state index in [9.17, 15) is 4.79 Å². The molecule has 0 atom stereocenters. The van der Waals surface area contributed by atoms with Crippen LogP contribution in [0.15, 0.2) is 12.1 Å². The van der Waals surface area contributed by atoms with Crippen LogP contribution in [0.2, 0.25) is 0 Å². The number of carbonyl (C=O) groups is 1. The molecule has 5 heteroatoms. The second-order valence-electron chi connectivity index (χ2n) is 3.76. The molecule has 0 aliphatic heterocycles. The Morgan fingerprint density at radius 2 is 1.78 bits per heavy atom. The Kier molecular flexibility index (Phi) is 5.45. The van der Waals surface area contributed by atoms with Gasteiger partial charge in [-0.15, -0.1) is 0 Å². The summed E-state index contributed by atoms with van der Waals surface area (Å²) in [4.78, 5) is 11.5. The van der Waals surface area contributed by atoms with E-state index in [0.717, 1.165) is 12.0 Å². The van der Waals surface area contributed by atoms with Gasteiger partial charge >= 0.3 is 5.97 Å². The van der Waals surface area contributed by atoms with E-state index in [0.29, 0.717) is 30.2 Å². The Hall–Kier alpha value is -1.75. The van der Waals surface area contributed by atoms with E-state index in [1.165, 1.54) is 14.2 Å². The average molecular weight is 253 g/mol. The minimum absolute atomic E-state index is 0.302. The first-order valence-corrected chi connectivity index (χ1v) is 5.81. The molecule has 0 aliphatic rings. The van der Waals surface area contributed by atoms with Crippen molar-refractivity contribution in [3.05, 3.63) is 17.7 Å². The molecular weight excluding hydrogens is 234 g/mol. The molecule has 1 aromatic rings. The van der Waals surface area contributed by atoms with Gasteiger partial charge in [0.05, 0.1) is 14.2 Å². The first-order valence-electron chi connectivity index (χ1n) is 5.81. The molecule has 0 aliphatic carbocycles. The third kappa shape index (κ3) is 3.37. The van der Waals surface area contributed by atoms with Gasteiger partial charge in [-0.2, -0.15) is 0 Å². The zero-order chi connectivity index (χ0) is 13.5. The first kappa shape index (κ1) is 14.3. The van der Waals surface area contributed by atoms with Crippen molar-refractivity contribution in [3.63, 3.8) is 0 Å². The summed E-state index contributed by atoms with van der Waals surface area (Å²) in [6, 6.07) is 3.47. The number of benzene rings is 1. The van der Waals surface area contributed by atoms with Crippen molar-refractivity contribution < 1.29 is 19.0 Å². The Labute approximate surface area is 107 Å². The number of rotatable bonds is 6. The third-order valence-electron chi connectivity index (χ3n) is 2.43. The molecule has 0 fully saturated rings. The molecule has 0 amide bonds. The van der Waals surface area contributed by atoms with E-state index < -0.39 is 0 Å². The van der Waals surface area contributed by atoms with Gasteiger partial charge in [-0.05, 0) is 24.1 Å². The standard InChI is InChI=1S/C13H19NO4/c1-4-5-12(15)18-13-10(16-2)6-9(8-14)7-11(13)17-3/h6-7H,4-5,8,14H2,1-3H3. The highest BCUT2D eigenvalue weighted by atomic mass is 16.6. The summed E-state index contributed by atoms with van der Waals surface area (Å²) in [5.74, 6) is 0.878. The maximum Gasteiger partial charge on any atom is 0.311 e. The highest BCUT2D eigenvalue weighted by molar-refractivity contribution is 5.74. The van der Waals surface area contributed by atoms with Crippen LogP contribution in [-0.2, 0) is 11.3 Å². The lowest BCUT2D eigenvalue weighted by Gasteiger charge is -2.14. The zero-order valence-electron chi connectivity index (χ0n) is 11.0. The number of hydrogen-bond acceptors (Lipinski definition) is 5. The fraction of sp³-hybridized carbons (Fsp3) is 0.462. The van der Waals surface area contributed by atoms with Crippen molar-refractivity contribution in [2.75, 3.05) is 14.2 Å². The minimum atomic E-state index is -0.311. The summed E-state index contributed by atoms with van der Waals surface area (Å²) in [7, 11) is 3.01. The van der Waals surface area contributed by atoms with Crippen molar-refractivity contribution in [3.8, 4) is 17.2 Å². The van der Waals surface area contributed by atoms with Crippen molar-refractivity contribution in [2.24, 2.45) is 5.73 Å². The lowest BCUT2D eigenvalue weighted by Crippen LogP contribution is -2.09. The van der Waals surface area contributed by atoms with E-state index in [1.807, 2.05) is 6.92 Å². The van der Waals surface area contributed by atoms with Crippen molar-refractivity contribution in [1.82, 2.24) is 0 Å². The fourth-order valence-corrected chi connectivity index (χ4v) is 1.52. The van der Waals surface area contributed by atoms with Crippen molar-refractivity contribution in [1.29, 1.82) is 0 Å². The molecule has 1 aromatic carbocycles. The normalized spacial score (nSPS) is 10.0. The SMILES string of the molecule is CCCC(=O)Oc1c(OC)cc(CN)cc1OC. The largest absolute Gasteiger partial charge is 0.493 e. The van der Waals surface area contributed by atoms with Gasteiger partial charge in [-0.3, -0.25) is 4.79 Å². The van der Waals surface area contributed by atoms with Crippen molar-refractivity contribution >= 4 is 5.97 Å².